The van der Waals surface area contributed by atoms with Crippen LogP contribution in [0, 0.1) is 12.8 Å². The summed E-state index contributed by atoms with van der Waals surface area (Å²) in [5.41, 5.74) is 6.48. The Kier molecular flexibility index (Phi) is 5.37. The van der Waals surface area contributed by atoms with Gasteiger partial charge in [-0.2, -0.15) is 0 Å². The summed E-state index contributed by atoms with van der Waals surface area (Å²) in [6.07, 6.45) is 2.23. The molecule has 1 saturated carbocycles. The third kappa shape index (κ3) is 5.03. The molecular weight excluding hydrogens is 326 g/mol. The first-order valence-electron chi connectivity index (χ1n) is 8.18. The van der Waals surface area contributed by atoms with E-state index < -0.39 is 15.6 Å². The van der Waals surface area contributed by atoms with Gasteiger partial charge in [0.1, 0.15) is 0 Å². The molecule has 0 spiro atoms. The Labute approximate surface area is 144 Å². The maximum atomic E-state index is 12.4. The fraction of sp³-hybridized carbons (Fsp3) is 0.588. The standard InChI is InChI=1S/C17H27N3O3S/c1-11-5-8-13(24(22,23)20-17(2,3)4)9-14(11)16(21)19-10-15(18)12-6-7-12/h5,8-9,12,15,20H,6-7,10,18H2,1-4H3,(H,19,21). The molecule has 0 bridgehead atoms. The van der Waals surface area contributed by atoms with E-state index in [1.54, 1.807) is 33.8 Å². The van der Waals surface area contributed by atoms with E-state index in [0.29, 0.717) is 18.0 Å². The summed E-state index contributed by atoms with van der Waals surface area (Å²) < 4.78 is 27.5. The molecule has 1 aliphatic rings. The fourth-order valence-corrected chi connectivity index (χ4v) is 3.92. The largest absolute Gasteiger partial charge is 0.350 e. The molecule has 2 rings (SSSR count). The zero-order valence-electron chi connectivity index (χ0n) is 14.7. The molecule has 1 amide bonds. The van der Waals surface area contributed by atoms with Crippen molar-refractivity contribution in [3.63, 3.8) is 0 Å². The number of sulfonamides is 1. The fourth-order valence-electron chi connectivity index (χ4n) is 2.47. The van der Waals surface area contributed by atoms with E-state index in [0.717, 1.165) is 18.4 Å². The third-order valence-electron chi connectivity index (χ3n) is 3.93. The van der Waals surface area contributed by atoms with Crippen LogP contribution in [0.2, 0.25) is 0 Å². The summed E-state index contributed by atoms with van der Waals surface area (Å²) >= 11 is 0. The number of hydrogen-bond acceptors (Lipinski definition) is 4. The maximum absolute atomic E-state index is 12.4. The van der Waals surface area contributed by atoms with Crippen molar-refractivity contribution in [2.24, 2.45) is 11.7 Å². The van der Waals surface area contributed by atoms with Crippen molar-refractivity contribution >= 4 is 15.9 Å². The summed E-state index contributed by atoms with van der Waals surface area (Å²) in [6, 6.07) is 4.54. The molecule has 1 unspecified atom stereocenters. The Hall–Kier alpha value is -1.44. The van der Waals surface area contributed by atoms with Gasteiger partial charge in [-0.3, -0.25) is 4.79 Å². The molecule has 6 nitrogen and oxygen atoms in total. The van der Waals surface area contributed by atoms with E-state index >= 15 is 0 Å². The molecule has 1 atom stereocenters. The number of hydrogen-bond donors (Lipinski definition) is 3. The second-order valence-corrected chi connectivity index (χ2v) is 9.23. The van der Waals surface area contributed by atoms with E-state index in [9.17, 15) is 13.2 Å². The SMILES string of the molecule is Cc1ccc(S(=O)(=O)NC(C)(C)C)cc1C(=O)NCC(N)C1CC1. The van der Waals surface area contributed by atoms with Gasteiger partial charge in [0.2, 0.25) is 10.0 Å². The van der Waals surface area contributed by atoms with Crippen LogP contribution in [-0.2, 0) is 10.0 Å². The van der Waals surface area contributed by atoms with Crippen LogP contribution >= 0.6 is 0 Å². The first-order chi connectivity index (χ1) is 11.0. The lowest BCUT2D eigenvalue weighted by Gasteiger charge is -2.21. The van der Waals surface area contributed by atoms with Crippen molar-refractivity contribution < 1.29 is 13.2 Å². The van der Waals surface area contributed by atoms with Crippen LogP contribution in [0.5, 0.6) is 0 Å². The van der Waals surface area contributed by atoms with Crippen LogP contribution in [0.25, 0.3) is 0 Å². The molecule has 1 aromatic rings. The van der Waals surface area contributed by atoms with Gasteiger partial charge in [-0.25, -0.2) is 13.1 Å². The van der Waals surface area contributed by atoms with Crippen molar-refractivity contribution in [3.8, 4) is 0 Å². The van der Waals surface area contributed by atoms with Gasteiger partial charge in [0.15, 0.2) is 0 Å². The van der Waals surface area contributed by atoms with Gasteiger partial charge in [-0.1, -0.05) is 6.07 Å². The number of aryl methyl sites for hydroxylation is 1. The number of carbonyl (C=O) groups is 1. The normalized spacial score (nSPS) is 16.7. The number of nitrogens with one attached hydrogen (secondary N) is 2. The van der Waals surface area contributed by atoms with Crippen LogP contribution in [0.1, 0.15) is 49.5 Å². The monoisotopic (exact) mass is 353 g/mol. The maximum Gasteiger partial charge on any atom is 0.251 e. The molecular formula is C17H27N3O3S. The molecule has 0 aromatic heterocycles. The Bertz CT molecular complexity index is 719. The van der Waals surface area contributed by atoms with E-state index in [2.05, 4.69) is 10.0 Å². The Balaban J connectivity index is 2.16. The van der Waals surface area contributed by atoms with Crippen molar-refractivity contribution in [2.45, 2.75) is 57.0 Å². The zero-order valence-corrected chi connectivity index (χ0v) is 15.5. The molecule has 1 aliphatic carbocycles. The van der Waals surface area contributed by atoms with Crippen LogP contribution in [0.3, 0.4) is 0 Å². The molecule has 7 heteroatoms. The molecule has 0 saturated heterocycles. The average molecular weight is 353 g/mol. The summed E-state index contributed by atoms with van der Waals surface area (Å²) in [5, 5.41) is 2.81. The van der Waals surface area contributed by atoms with Crippen LogP contribution < -0.4 is 15.8 Å². The molecule has 0 heterocycles. The smallest absolute Gasteiger partial charge is 0.251 e. The minimum absolute atomic E-state index is 0.0382. The second-order valence-electron chi connectivity index (χ2n) is 7.54. The van der Waals surface area contributed by atoms with Crippen molar-refractivity contribution in [2.75, 3.05) is 6.54 Å². The van der Waals surface area contributed by atoms with E-state index in [-0.39, 0.29) is 16.8 Å². The predicted octanol–water partition coefficient (Wildman–Crippen LogP) is 1.54. The van der Waals surface area contributed by atoms with Crippen LogP contribution in [0.15, 0.2) is 23.1 Å². The number of carbonyl (C=O) groups excluding carboxylic acids is 1. The molecule has 24 heavy (non-hydrogen) atoms. The van der Waals surface area contributed by atoms with Gasteiger partial charge in [0.05, 0.1) is 4.90 Å². The quantitative estimate of drug-likeness (QED) is 0.722. The lowest BCUT2D eigenvalue weighted by molar-refractivity contribution is 0.0949. The number of nitrogens with two attached hydrogens (primary N) is 1. The van der Waals surface area contributed by atoms with Crippen LogP contribution in [-0.4, -0.2) is 32.5 Å². The third-order valence-corrected chi connectivity index (χ3v) is 5.69. The second kappa shape index (κ2) is 6.82. The Morgan fingerprint density at radius 2 is 1.96 bits per heavy atom. The van der Waals surface area contributed by atoms with E-state index in [1.165, 1.54) is 12.1 Å². The van der Waals surface area contributed by atoms with Gasteiger partial charge >= 0.3 is 0 Å². The van der Waals surface area contributed by atoms with Crippen molar-refractivity contribution in [1.29, 1.82) is 0 Å². The molecule has 1 fully saturated rings. The molecule has 4 N–H and O–H groups in total. The number of rotatable bonds is 6. The summed E-state index contributed by atoms with van der Waals surface area (Å²) in [7, 11) is -3.68. The first-order valence-corrected chi connectivity index (χ1v) is 9.66. The minimum Gasteiger partial charge on any atom is -0.350 e. The van der Waals surface area contributed by atoms with Gasteiger partial charge in [0.25, 0.3) is 5.91 Å². The highest BCUT2D eigenvalue weighted by molar-refractivity contribution is 7.89. The molecule has 134 valence electrons. The highest BCUT2D eigenvalue weighted by atomic mass is 32.2. The van der Waals surface area contributed by atoms with Gasteiger partial charge in [-0.15, -0.1) is 0 Å². The topological polar surface area (TPSA) is 101 Å². The van der Waals surface area contributed by atoms with Crippen LogP contribution in [0.4, 0.5) is 0 Å². The summed E-state index contributed by atoms with van der Waals surface area (Å²) in [5.74, 6) is 0.200. The minimum atomic E-state index is -3.68. The molecule has 0 radical (unpaired) electrons. The van der Waals surface area contributed by atoms with Gasteiger partial charge in [-0.05, 0) is 64.2 Å². The Morgan fingerprint density at radius 3 is 2.50 bits per heavy atom. The van der Waals surface area contributed by atoms with E-state index in [4.69, 9.17) is 5.73 Å². The highest BCUT2D eigenvalue weighted by Gasteiger charge is 2.29. The highest BCUT2D eigenvalue weighted by Crippen LogP contribution is 2.31. The average Bonchev–Trinajstić information content (AvgIpc) is 3.26. The molecule has 0 aliphatic heterocycles. The van der Waals surface area contributed by atoms with Crippen molar-refractivity contribution in [3.05, 3.63) is 29.3 Å². The Morgan fingerprint density at radius 1 is 1.33 bits per heavy atom. The molecule has 1 aromatic carbocycles. The van der Waals surface area contributed by atoms with E-state index in [1.807, 2.05) is 0 Å². The zero-order chi connectivity index (χ0) is 18.1. The lowest BCUT2D eigenvalue weighted by Crippen LogP contribution is -2.41. The van der Waals surface area contributed by atoms with Crippen molar-refractivity contribution in [1.82, 2.24) is 10.0 Å². The lowest BCUT2D eigenvalue weighted by atomic mass is 10.1. The summed E-state index contributed by atoms with van der Waals surface area (Å²) in [6.45, 7) is 7.49. The summed E-state index contributed by atoms with van der Waals surface area (Å²) in [4.78, 5) is 12.5. The number of benzene rings is 1. The number of amides is 1. The van der Waals surface area contributed by atoms with Gasteiger partial charge < -0.3 is 11.1 Å². The first kappa shape index (κ1) is 18.9. The predicted molar refractivity (Wildman–Crippen MR) is 94.3 cm³/mol. The van der Waals surface area contributed by atoms with Gasteiger partial charge in [0, 0.05) is 23.7 Å².